The van der Waals surface area contributed by atoms with Gasteiger partial charge in [-0.2, -0.15) is 0 Å². The molecule has 35 heavy (non-hydrogen) atoms. The Labute approximate surface area is 203 Å². The Balaban J connectivity index is 1.44. The first kappa shape index (κ1) is 24.4. The molecule has 2 heterocycles. The van der Waals surface area contributed by atoms with E-state index in [4.69, 9.17) is 19.9 Å². The average Bonchev–Trinajstić information content (AvgIpc) is 2.89. The molecular weight excluding hydrogens is 448 g/mol. The van der Waals surface area contributed by atoms with Gasteiger partial charge in [-0.25, -0.2) is 14.8 Å². The van der Waals surface area contributed by atoms with Gasteiger partial charge in [0.2, 0.25) is 5.88 Å². The fourth-order valence-corrected chi connectivity index (χ4v) is 4.48. The molecular formula is C26H30N4O5. The van der Waals surface area contributed by atoms with Gasteiger partial charge in [0.15, 0.2) is 0 Å². The van der Waals surface area contributed by atoms with Crippen LogP contribution in [0, 0.1) is 11.8 Å². The summed E-state index contributed by atoms with van der Waals surface area (Å²) in [6.45, 7) is 1.16. The Morgan fingerprint density at radius 3 is 2.37 bits per heavy atom. The summed E-state index contributed by atoms with van der Waals surface area (Å²) in [7, 11) is 0. The van der Waals surface area contributed by atoms with E-state index in [9.17, 15) is 9.59 Å². The Hall–Kier alpha value is -3.72. The van der Waals surface area contributed by atoms with Gasteiger partial charge < -0.3 is 25.6 Å². The number of pyridine rings is 2. The van der Waals surface area contributed by atoms with Crippen molar-refractivity contribution >= 4 is 22.9 Å². The summed E-state index contributed by atoms with van der Waals surface area (Å²) in [5.74, 6) is 1.01. The van der Waals surface area contributed by atoms with Crippen LogP contribution in [0.3, 0.4) is 0 Å². The molecule has 1 saturated carbocycles. The maximum Gasteiger partial charge on any atom is 0.404 e. The Bertz CT molecular complexity index is 1160. The summed E-state index contributed by atoms with van der Waals surface area (Å²) in [6, 6.07) is 12.9. The molecule has 184 valence electrons. The molecule has 4 N–H and O–H groups in total. The lowest BCUT2D eigenvalue weighted by Crippen LogP contribution is -2.34. The molecule has 9 heteroatoms. The van der Waals surface area contributed by atoms with E-state index in [1.165, 1.54) is 0 Å². The standard InChI is InChI=1S/C26H30N4O5/c31-11-12-35-24-10-9-19(16-27-24)23-13-21(20-3-1-2-4-22(20)30-23)25(32)28-14-17-5-7-18(8-6-17)15-29-26(33)34/h1-4,9-10,13,16-18,29,31H,5-8,11-12,14-15H2,(H,28,32)(H,33,34)/t17-,18-. The maximum atomic E-state index is 13.2. The fourth-order valence-electron chi connectivity index (χ4n) is 4.48. The van der Waals surface area contributed by atoms with Crippen LogP contribution < -0.4 is 15.4 Å². The Kier molecular flexibility index (Phi) is 8.10. The highest BCUT2D eigenvalue weighted by Gasteiger charge is 2.22. The molecule has 0 aliphatic heterocycles. The van der Waals surface area contributed by atoms with Crippen LogP contribution in [0.15, 0.2) is 48.7 Å². The van der Waals surface area contributed by atoms with E-state index in [1.54, 1.807) is 18.3 Å². The number of ether oxygens (including phenoxy) is 1. The predicted molar refractivity (Wildman–Crippen MR) is 131 cm³/mol. The molecule has 0 spiro atoms. The fraction of sp³-hybridized carbons (Fsp3) is 0.385. The molecule has 0 bridgehead atoms. The number of carbonyl (C=O) groups is 2. The van der Waals surface area contributed by atoms with Crippen molar-refractivity contribution in [2.45, 2.75) is 25.7 Å². The summed E-state index contributed by atoms with van der Waals surface area (Å²) in [5.41, 5.74) is 2.68. The van der Waals surface area contributed by atoms with E-state index in [0.717, 1.165) is 42.1 Å². The first-order chi connectivity index (χ1) is 17.0. The maximum absolute atomic E-state index is 13.2. The summed E-state index contributed by atoms with van der Waals surface area (Å²) in [5, 5.41) is 24.0. The number of carboxylic acid groups (broad SMARTS) is 1. The van der Waals surface area contributed by atoms with Gasteiger partial charge >= 0.3 is 6.09 Å². The molecule has 9 nitrogen and oxygen atoms in total. The van der Waals surface area contributed by atoms with Crippen molar-refractivity contribution in [1.29, 1.82) is 0 Å². The second-order valence-electron chi connectivity index (χ2n) is 8.81. The lowest BCUT2D eigenvalue weighted by Gasteiger charge is -2.28. The molecule has 2 aromatic heterocycles. The molecule has 0 unspecified atom stereocenters. The van der Waals surface area contributed by atoms with Crippen molar-refractivity contribution < 1.29 is 24.5 Å². The van der Waals surface area contributed by atoms with Crippen LogP contribution in [0.1, 0.15) is 36.0 Å². The van der Waals surface area contributed by atoms with Gasteiger partial charge in [-0.1, -0.05) is 18.2 Å². The van der Waals surface area contributed by atoms with Gasteiger partial charge in [0, 0.05) is 36.3 Å². The SMILES string of the molecule is O=C(O)NC[C@H]1CC[C@H](CNC(=O)c2cc(-c3ccc(OCCO)nc3)nc3ccccc23)CC1. The third-order valence-corrected chi connectivity index (χ3v) is 6.39. The molecule has 0 atom stereocenters. The van der Waals surface area contributed by atoms with Gasteiger partial charge in [-0.05, 0) is 55.7 Å². The van der Waals surface area contributed by atoms with Gasteiger partial charge in [0.1, 0.15) is 6.61 Å². The zero-order valence-corrected chi connectivity index (χ0v) is 19.4. The number of aromatic nitrogens is 2. The van der Waals surface area contributed by atoms with Crippen LogP contribution in [-0.4, -0.2) is 58.5 Å². The monoisotopic (exact) mass is 478 g/mol. The van der Waals surface area contributed by atoms with Gasteiger partial charge in [0.05, 0.1) is 23.4 Å². The van der Waals surface area contributed by atoms with Gasteiger partial charge in [-0.15, -0.1) is 0 Å². The predicted octanol–water partition coefficient (Wildman–Crippen LogP) is 3.47. The van der Waals surface area contributed by atoms with Crippen LogP contribution in [-0.2, 0) is 0 Å². The summed E-state index contributed by atoms with van der Waals surface area (Å²) in [4.78, 5) is 32.9. The van der Waals surface area contributed by atoms with Crippen molar-refractivity contribution in [3.63, 3.8) is 0 Å². The van der Waals surface area contributed by atoms with Crippen molar-refractivity contribution in [2.75, 3.05) is 26.3 Å². The molecule has 4 rings (SSSR count). The van der Waals surface area contributed by atoms with Crippen LogP contribution in [0.5, 0.6) is 5.88 Å². The topological polar surface area (TPSA) is 134 Å². The van der Waals surface area contributed by atoms with Crippen LogP contribution >= 0.6 is 0 Å². The minimum absolute atomic E-state index is 0.0858. The van der Waals surface area contributed by atoms with E-state index >= 15 is 0 Å². The number of fused-ring (bicyclic) bond motifs is 1. The molecule has 1 fully saturated rings. The third-order valence-electron chi connectivity index (χ3n) is 6.39. The van der Waals surface area contributed by atoms with Crippen molar-refractivity contribution in [1.82, 2.24) is 20.6 Å². The van der Waals surface area contributed by atoms with Crippen LogP contribution in [0.25, 0.3) is 22.2 Å². The quantitative estimate of drug-likeness (QED) is 0.370. The number of hydrogen-bond acceptors (Lipinski definition) is 6. The number of nitrogens with zero attached hydrogens (tertiary/aromatic N) is 2. The molecule has 0 saturated heterocycles. The number of benzene rings is 1. The molecule has 1 aromatic carbocycles. The van der Waals surface area contributed by atoms with E-state index in [-0.39, 0.29) is 19.1 Å². The highest BCUT2D eigenvalue weighted by atomic mass is 16.5. The minimum Gasteiger partial charge on any atom is -0.475 e. The summed E-state index contributed by atoms with van der Waals surface area (Å²) >= 11 is 0. The van der Waals surface area contributed by atoms with Gasteiger partial charge in [-0.3, -0.25) is 4.79 Å². The first-order valence-corrected chi connectivity index (χ1v) is 11.9. The highest BCUT2D eigenvalue weighted by molar-refractivity contribution is 6.07. The molecule has 0 radical (unpaired) electrons. The van der Waals surface area contributed by atoms with E-state index < -0.39 is 6.09 Å². The normalized spacial score (nSPS) is 17.6. The van der Waals surface area contributed by atoms with Crippen molar-refractivity contribution in [2.24, 2.45) is 11.8 Å². The largest absolute Gasteiger partial charge is 0.475 e. The van der Waals surface area contributed by atoms with Gasteiger partial charge in [0.25, 0.3) is 5.91 Å². The smallest absolute Gasteiger partial charge is 0.404 e. The lowest BCUT2D eigenvalue weighted by atomic mass is 9.82. The van der Waals surface area contributed by atoms with E-state index in [1.807, 2.05) is 30.3 Å². The van der Waals surface area contributed by atoms with Crippen LogP contribution in [0.2, 0.25) is 0 Å². The minimum atomic E-state index is -0.981. The van der Waals surface area contributed by atoms with Crippen LogP contribution in [0.4, 0.5) is 4.79 Å². The number of nitrogens with one attached hydrogen (secondary N) is 2. The van der Waals surface area contributed by atoms with E-state index in [0.29, 0.717) is 42.1 Å². The molecule has 1 aliphatic rings. The average molecular weight is 479 g/mol. The number of rotatable bonds is 9. The van der Waals surface area contributed by atoms with E-state index in [2.05, 4.69) is 15.6 Å². The lowest BCUT2D eigenvalue weighted by molar-refractivity contribution is 0.0942. The van der Waals surface area contributed by atoms with Crippen molar-refractivity contribution in [3.8, 4) is 17.1 Å². The second kappa shape index (κ2) is 11.6. The Morgan fingerprint density at radius 2 is 1.71 bits per heavy atom. The zero-order valence-electron chi connectivity index (χ0n) is 19.4. The number of para-hydroxylation sites is 1. The number of aliphatic hydroxyl groups is 1. The highest BCUT2D eigenvalue weighted by Crippen LogP contribution is 2.29. The summed E-state index contributed by atoms with van der Waals surface area (Å²) < 4.78 is 5.32. The summed E-state index contributed by atoms with van der Waals surface area (Å²) in [6.07, 6.45) is 4.49. The van der Waals surface area contributed by atoms with Crippen molar-refractivity contribution in [3.05, 3.63) is 54.2 Å². The molecule has 2 amide bonds. The number of carbonyl (C=O) groups excluding carboxylic acids is 1. The second-order valence-corrected chi connectivity index (χ2v) is 8.81. The Morgan fingerprint density at radius 1 is 1.00 bits per heavy atom. The molecule has 1 aliphatic carbocycles. The zero-order chi connectivity index (χ0) is 24.6. The third kappa shape index (κ3) is 6.45. The molecule has 3 aromatic rings. The number of aliphatic hydroxyl groups excluding tert-OH is 1. The number of hydrogen-bond donors (Lipinski definition) is 4. The first-order valence-electron chi connectivity index (χ1n) is 11.9. The number of amides is 2.